The fourth-order valence-corrected chi connectivity index (χ4v) is 2.78. The maximum atomic E-state index is 5.94. The van der Waals surface area contributed by atoms with E-state index in [-0.39, 0.29) is 6.04 Å². The number of halogens is 2. The Morgan fingerprint density at radius 1 is 1.29 bits per heavy atom. The molecule has 0 radical (unpaired) electrons. The van der Waals surface area contributed by atoms with Crippen LogP contribution in [-0.2, 0) is 6.54 Å². The van der Waals surface area contributed by atoms with E-state index in [1.54, 1.807) is 11.3 Å². The standard InChI is InChI=1S/C13H13Cl2NS/c1-9(11-6-13(15)17-8-11)16-7-10-3-2-4-12(14)5-10/h2-6,8-9,16H,7H2,1H3. The quantitative estimate of drug-likeness (QED) is 0.842. The SMILES string of the molecule is CC(NCc1cccc(Cl)c1)c1csc(Cl)c1. The molecule has 90 valence electrons. The summed E-state index contributed by atoms with van der Waals surface area (Å²) in [5, 5.41) is 6.30. The molecule has 0 saturated heterocycles. The number of benzene rings is 1. The third-order valence-electron chi connectivity index (χ3n) is 2.59. The lowest BCUT2D eigenvalue weighted by Crippen LogP contribution is -2.17. The topological polar surface area (TPSA) is 12.0 Å². The van der Waals surface area contributed by atoms with Crippen molar-refractivity contribution in [2.24, 2.45) is 0 Å². The molecule has 0 aliphatic heterocycles. The molecule has 0 fully saturated rings. The molecule has 0 aliphatic rings. The Balaban J connectivity index is 1.94. The average Bonchev–Trinajstić information content (AvgIpc) is 2.73. The molecule has 1 N–H and O–H groups in total. The summed E-state index contributed by atoms with van der Waals surface area (Å²) in [5.74, 6) is 0. The number of hydrogen-bond donors (Lipinski definition) is 1. The van der Waals surface area contributed by atoms with Crippen molar-refractivity contribution >= 4 is 34.5 Å². The van der Waals surface area contributed by atoms with Crippen molar-refractivity contribution in [2.75, 3.05) is 0 Å². The van der Waals surface area contributed by atoms with Crippen molar-refractivity contribution in [3.8, 4) is 0 Å². The fourth-order valence-electron chi connectivity index (χ4n) is 1.59. The molecular formula is C13H13Cl2NS. The third kappa shape index (κ3) is 3.71. The Morgan fingerprint density at radius 2 is 2.12 bits per heavy atom. The minimum Gasteiger partial charge on any atom is -0.306 e. The van der Waals surface area contributed by atoms with Gasteiger partial charge in [-0.1, -0.05) is 35.3 Å². The first-order chi connectivity index (χ1) is 8.15. The molecule has 17 heavy (non-hydrogen) atoms. The molecule has 1 nitrogen and oxygen atoms in total. The molecule has 1 aromatic heterocycles. The van der Waals surface area contributed by atoms with Crippen molar-refractivity contribution in [3.63, 3.8) is 0 Å². The van der Waals surface area contributed by atoms with Gasteiger partial charge in [0, 0.05) is 17.6 Å². The number of thiophene rings is 1. The van der Waals surface area contributed by atoms with Crippen LogP contribution in [0.15, 0.2) is 35.7 Å². The molecule has 0 saturated carbocycles. The van der Waals surface area contributed by atoms with Crippen LogP contribution in [0.3, 0.4) is 0 Å². The van der Waals surface area contributed by atoms with Gasteiger partial charge in [0.15, 0.2) is 0 Å². The second-order valence-electron chi connectivity index (χ2n) is 3.92. The molecule has 4 heteroatoms. The van der Waals surface area contributed by atoms with Crippen LogP contribution in [0, 0.1) is 0 Å². The Hall–Kier alpha value is -0.540. The van der Waals surface area contributed by atoms with Gasteiger partial charge in [-0.25, -0.2) is 0 Å². The van der Waals surface area contributed by atoms with Crippen LogP contribution >= 0.6 is 34.5 Å². The van der Waals surface area contributed by atoms with Crippen molar-refractivity contribution in [3.05, 3.63) is 56.2 Å². The smallest absolute Gasteiger partial charge is 0.0931 e. The second-order valence-corrected chi connectivity index (χ2v) is 5.90. The highest BCUT2D eigenvalue weighted by Crippen LogP contribution is 2.24. The summed E-state index contributed by atoms with van der Waals surface area (Å²) in [4.78, 5) is 0. The maximum absolute atomic E-state index is 5.94. The summed E-state index contributed by atoms with van der Waals surface area (Å²) in [7, 11) is 0. The highest BCUT2D eigenvalue weighted by molar-refractivity contribution is 7.14. The van der Waals surface area contributed by atoms with E-state index in [4.69, 9.17) is 23.2 Å². The first kappa shape index (κ1) is 12.9. The van der Waals surface area contributed by atoms with E-state index in [2.05, 4.69) is 23.7 Å². The van der Waals surface area contributed by atoms with Gasteiger partial charge < -0.3 is 5.32 Å². The van der Waals surface area contributed by atoms with Crippen LogP contribution in [0.25, 0.3) is 0 Å². The lowest BCUT2D eigenvalue weighted by Gasteiger charge is -2.12. The van der Waals surface area contributed by atoms with Gasteiger partial charge in [0.1, 0.15) is 0 Å². The van der Waals surface area contributed by atoms with E-state index in [1.165, 1.54) is 11.1 Å². The van der Waals surface area contributed by atoms with Gasteiger partial charge in [0.25, 0.3) is 0 Å². The summed E-state index contributed by atoms with van der Waals surface area (Å²) < 4.78 is 0.830. The van der Waals surface area contributed by atoms with Crippen molar-refractivity contribution in [2.45, 2.75) is 19.5 Å². The summed E-state index contributed by atoms with van der Waals surface area (Å²) >= 11 is 13.4. The molecule has 2 rings (SSSR count). The van der Waals surface area contributed by atoms with Gasteiger partial charge in [-0.15, -0.1) is 11.3 Å². The Kier molecular flexibility index (Phi) is 4.46. The molecule has 1 atom stereocenters. The zero-order valence-electron chi connectivity index (χ0n) is 9.41. The van der Waals surface area contributed by atoms with E-state index >= 15 is 0 Å². The van der Waals surface area contributed by atoms with E-state index in [0.717, 1.165) is 15.9 Å². The maximum Gasteiger partial charge on any atom is 0.0931 e. The largest absolute Gasteiger partial charge is 0.306 e. The summed E-state index contributed by atoms with van der Waals surface area (Å²) in [6.07, 6.45) is 0. The van der Waals surface area contributed by atoms with Crippen LogP contribution < -0.4 is 5.32 Å². The van der Waals surface area contributed by atoms with Crippen LogP contribution in [-0.4, -0.2) is 0 Å². The van der Waals surface area contributed by atoms with Crippen LogP contribution in [0.2, 0.25) is 9.36 Å². The lowest BCUT2D eigenvalue weighted by atomic mass is 10.1. The molecule has 0 spiro atoms. The van der Waals surface area contributed by atoms with E-state index in [0.29, 0.717) is 0 Å². The molecular weight excluding hydrogens is 273 g/mol. The molecule has 1 heterocycles. The minimum atomic E-state index is 0.290. The summed E-state index contributed by atoms with van der Waals surface area (Å²) in [6.45, 7) is 2.93. The zero-order chi connectivity index (χ0) is 12.3. The van der Waals surface area contributed by atoms with Crippen molar-refractivity contribution < 1.29 is 0 Å². The van der Waals surface area contributed by atoms with Gasteiger partial charge in [-0.3, -0.25) is 0 Å². The third-order valence-corrected chi connectivity index (χ3v) is 3.93. The van der Waals surface area contributed by atoms with E-state index in [1.807, 2.05) is 24.3 Å². The summed E-state index contributed by atoms with van der Waals surface area (Å²) in [6, 6.07) is 10.2. The molecule has 0 amide bonds. The lowest BCUT2D eigenvalue weighted by molar-refractivity contribution is 0.576. The molecule has 0 bridgehead atoms. The normalized spacial score (nSPS) is 12.6. The molecule has 1 unspecified atom stereocenters. The Labute approximate surface area is 115 Å². The predicted octanol–water partition coefficient (Wildman–Crippen LogP) is 4.91. The molecule has 1 aromatic carbocycles. The first-order valence-corrected chi connectivity index (χ1v) is 7.00. The predicted molar refractivity (Wildman–Crippen MR) is 76.0 cm³/mol. The van der Waals surface area contributed by atoms with Crippen LogP contribution in [0.5, 0.6) is 0 Å². The second kappa shape index (κ2) is 5.87. The first-order valence-electron chi connectivity index (χ1n) is 5.37. The Bertz CT molecular complexity index is 496. The summed E-state index contributed by atoms with van der Waals surface area (Å²) in [5.41, 5.74) is 2.41. The fraction of sp³-hybridized carbons (Fsp3) is 0.231. The minimum absolute atomic E-state index is 0.290. The highest BCUT2D eigenvalue weighted by Gasteiger charge is 2.07. The van der Waals surface area contributed by atoms with Crippen molar-refractivity contribution in [1.82, 2.24) is 5.32 Å². The average molecular weight is 286 g/mol. The van der Waals surface area contributed by atoms with Crippen LogP contribution in [0.4, 0.5) is 0 Å². The van der Waals surface area contributed by atoms with Gasteiger partial charge >= 0.3 is 0 Å². The number of nitrogens with one attached hydrogen (secondary N) is 1. The van der Waals surface area contributed by atoms with Gasteiger partial charge in [0.05, 0.1) is 4.34 Å². The molecule has 0 aliphatic carbocycles. The van der Waals surface area contributed by atoms with E-state index in [9.17, 15) is 0 Å². The van der Waals surface area contributed by atoms with Gasteiger partial charge in [-0.2, -0.15) is 0 Å². The van der Waals surface area contributed by atoms with Gasteiger partial charge in [0.2, 0.25) is 0 Å². The van der Waals surface area contributed by atoms with Crippen molar-refractivity contribution in [1.29, 1.82) is 0 Å². The number of rotatable bonds is 4. The molecule has 2 aromatic rings. The van der Waals surface area contributed by atoms with Crippen LogP contribution in [0.1, 0.15) is 24.1 Å². The highest BCUT2D eigenvalue weighted by atomic mass is 35.5. The Morgan fingerprint density at radius 3 is 2.76 bits per heavy atom. The zero-order valence-corrected chi connectivity index (χ0v) is 11.7. The monoisotopic (exact) mass is 285 g/mol. The van der Waals surface area contributed by atoms with Gasteiger partial charge in [-0.05, 0) is 41.6 Å². The number of hydrogen-bond acceptors (Lipinski definition) is 2. The van der Waals surface area contributed by atoms with E-state index < -0.39 is 0 Å².